The highest BCUT2D eigenvalue weighted by atomic mass is 16.1. The maximum atomic E-state index is 8.98. The van der Waals surface area contributed by atoms with Crippen molar-refractivity contribution in [3.8, 4) is 0 Å². The third-order valence-electron chi connectivity index (χ3n) is 0.665. The van der Waals surface area contributed by atoms with Gasteiger partial charge in [-0.1, -0.05) is 6.07 Å². The topological polar surface area (TPSA) is 78.7 Å². The number of azide groups is 1. The fourth-order valence-electron chi connectivity index (χ4n) is 0.334. The van der Waals surface area contributed by atoms with Gasteiger partial charge in [-0.2, -0.15) is 0 Å². The second-order valence-corrected chi connectivity index (χ2v) is 1.33. The van der Waals surface area contributed by atoms with Gasteiger partial charge in [-0.15, -0.1) is 0 Å². The number of carbonyl (C=O) groups is 1. The van der Waals surface area contributed by atoms with E-state index in [-0.39, 0.29) is 6.41 Å². The van der Waals surface area contributed by atoms with Gasteiger partial charge in [-0.25, -0.2) is 0 Å². The monoisotopic (exact) mass is 150 g/mol. The zero-order chi connectivity index (χ0) is 8.36. The largest absolute Gasteiger partial charge is 0.296 e. The molecule has 0 saturated carbocycles. The fourth-order valence-corrected chi connectivity index (χ4v) is 0.334. The molecule has 56 valence electrons. The first kappa shape index (κ1) is 9.13. The van der Waals surface area contributed by atoms with Crippen LogP contribution < -0.4 is 0 Å². The lowest BCUT2D eigenvalue weighted by molar-refractivity contribution is -0.106. The highest BCUT2D eigenvalue weighted by Gasteiger charge is 1.58. The van der Waals surface area contributed by atoms with Crippen LogP contribution >= 0.6 is 0 Å². The Morgan fingerprint density at radius 3 is 2.09 bits per heavy atom. The molecule has 0 radical (unpaired) electrons. The Labute approximate surface area is 63.3 Å². The highest BCUT2D eigenvalue weighted by molar-refractivity contribution is 5.46. The third kappa shape index (κ3) is 8.13. The Morgan fingerprint density at radius 2 is 2.00 bits per heavy atom. The van der Waals surface area contributed by atoms with E-state index in [2.05, 4.69) is 15.0 Å². The fraction of sp³-hybridized carbons (Fsp3) is 0. The molecule has 0 spiro atoms. The van der Waals surface area contributed by atoms with Gasteiger partial charge in [-0.3, -0.25) is 9.78 Å². The molecule has 1 aromatic heterocycles. The Hall–Kier alpha value is -1.87. The standard InChI is InChI=1S/C5H5N.CHN3O/c1-2-4-6-5-3-1;2-4-3-1-5/h1-5H;1H. The first-order chi connectivity index (χ1) is 5.41. The van der Waals surface area contributed by atoms with E-state index in [1.807, 2.05) is 18.2 Å². The number of carbonyl (C=O) groups excluding carboxylic acids is 1. The van der Waals surface area contributed by atoms with Crippen LogP contribution in [0.25, 0.3) is 10.4 Å². The van der Waals surface area contributed by atoms with Crippen LogP contribution in [0.15, 0.2) is 35.7 Å². The zero-order valence-corrected chi connectivity index (χ0v) is 5.66. The van der Waals surface area contributed by atoms with Gasteiger partial charge < -0.3 is 0 Å². The van der Waals surface area contributed by atoms with Gasteiger partial charge in [0.15, 0.2) is 0 Å². The first-order valence-corrected chi connectivity index (χ1v) is 2.74. The normalized spacial score (nSPS) is 6.55. The van der Waals surface area contributed by atoms with Crippen molar-refractivity contribution in [3.63, 3.8) is 0 Å². The summed E-state index contributed by atoms with van der Waals surface area (Å²) in [4.78, 5) is 14.9. The minimum Gasteiger partial charge on any atom is -0.296 e. The van der Waals surface area contributed by atoms with E-state index in [1.165, 1.54) is 0 Å². The van der Waals surface area contributed by atoms with Crippen molar-refractivity contribution in [3.05, 3.63) is 41.0 Å². The van der Waals surface area contributed by atoms with Gasteiger partial charge in [0.2, 0.25) is 6.41 Å². The second kappa shape index (κ2) is 8.13. The molecule has 0 N–H and O–H groups in total. The summed E-state index contributed by atoms with van der Waals surface area (Å²) in [5.74, 6) is 0. The van der Waals surface area contributed by atoms with E-state index in [0.29, 0.717) is 0 Å². The van der Waals surface area contributed by atoms with E-state index in [1.54, 1.807) is 12.4 Å². The summed E-state index contributed by atoms with van der Waals surface area (Å²) in [6.07, 6.45) is 3.64. The predicted octanol–water partition coefficient (Wildman–Crippen LogP) is 1.53. The van der Waals surface area contributed by atoms with Crippen LogP contribution in [0.1, 0.15) is 0 Å². The minimum absolute atomic E-state index is 0.139. The van der Waals surface area contributed by atoms with Crippen LogP contribution in [0.5, 0.6) is 0 Å². The second-order valence-electron chi connectivity index (χ2n) is 1.33. The van der Waals surface area contributed by atoms with Crippen molar-refractivity contribution >= 4 is 6.41 Å². The highest BCUT2D eigenvalue weighted by Crippen LogP contribution is 1.73. The van der Waals surface area contributed by atoms with Gasteiger partial charge in [0.1, 0.15) is 0 Å². The van der Waals surface area contributed by atoms with Crippen LogP contribution in [0, 0.1) is 0 Å². The number of aromatic nitrogens is 1. The molecule has 0 fully saturated rings. The van der Waals surface area contributed by atoms with Crippen molar-refractivity contribution in [1.82, 2.24) is 4.98 Å². The van der Waals surface area contributed by atoms with E-state index in [4.69, 9.17) is 10.3 Å². The lowest BCUT2D eigenvalue weighted by Gasteiger charge is -1.70. The molecule has 0 atom stereocenters. The average Bonchev–Trinajstić information content (AvgIpc) is 2.10. The molecule has 1 rings (SSSR count). The molecule has 5 nitrogen and oxygen atoms in total. The molecule has 0 unspecified atom stereocenters. The molecule has 0 aliphatic heterocycles. The summed E-state index contributed by atoms with van der Waals surface area (Å²) >= 11 is 0. The predicted molar refractivity (Wildman–Crippen MR) is 39.4 cm³/mol. The smallest absolute Gasteiger partial charge is 0.206 e. The van der Waals surface area contributed by atoms with Crippen molar-refractivity contribution in [1.29, 1.82) is 0 Å². The molecule has 1 amide bonds. The molecule has 0 bridgehead atoms. The van der Waals surface area contributed by atoms with Crippen molar-refractivity contribution in [2.45, 2.75) is 0 Å². The first-order valence-electron chi connectivity index (χ1n) is 2.74. The summed E-state index contributed by atoms with van der Waals surface area (Å²) in [5, 5.41) is 2.47. The number of hydrogen-bond donors (Lipinski definition) is 0. The molecule has 1 aromatic rings. The number of amides is 1. The molecule has 0 aliphatic carbocycles. The maximum Gasteiger partial charge on any atom is 0.206 e. The molecular weight excluding hydrogens is 144 g/mol. The van der Waals surface area contributed by atoms with Crippen LogP contribution in [-0.4, -0.2) is 11.4 Å². The summed E-state index contributed by atoms with van der Waals surface area (Å²) in [7, 11) is 0. The minimum atomic E-state index is 0.139. The zero-order valence-electron chi connectivity index (χ0n) is 5.66. The van der Waals surface area contributed by atoms with Crippen LogP contribution in [-0.2, 0) is 4.79 Å². The molecule has 5 heteroatoms. The van der Waals surface area contributed by atoms with Gasteiger partial charge in [0, 0.05) is 17.3 Å². The van der Waals surface area contributed by atoms with Crippen LogP contribution in [0.2, 0.25) is 0 Å². The van der Waals surface area contributed by atoms with Gasteiger partial charge >= 0.3 is 0 Å². The molecule has 0 aliphatic rings. The number of hydrogen-bond acceptors (Lipinski definition) is 2. The van der Waals surface area contributed by atoms with Crippen LogP contribution in [0.4, 0.5) is 0 Å². The molecule has 1 heterocycles. The lowest BCUT2D eigenvalue weighted by atomic mass is 10.5. The van der Waals surface area contributed by atoms with E-state index in [0.717, 1.165) is 0 Å². The number of rotatable bonds is 1. The van der Waals surface area contributed by atoms with Crippen LogP contribution in [0.3, 0.4) is 0 Å². The molecule has 0 saturated heterocycles. The summed E-state index contributed by atoms with van der Waals surface area (Å²) in [5.41, 5.74) is 7.29. The average molecular weight is 150 g/mol. The lowest BCUT2D eigenvalue weighted by Crippen LogP contribution is -1.58. The SMILES string of the molecule is [N-]=[N+]=NC=O.c1ccncc1. The Morgan fingerprint density at radius 1 is 1.36 bits per heavy atom. The summed E-state index contributed by atoms with van der Waals surface area (Å²) < 4.78 is 0. The van der Waals surface area contributed by atoms with E-state index >= 15 is 0 Å². The third-order valence-corrected chi connectivity index (χ3v) is 0.665. The van der Waals surface area contributed by atoms with Crippen molar-refractivity contribution < 1.29 is 4.79 Å². The van der Waals surface area contributed by atoms with E-state index < -0.39 is 0 Å². The molecular formula is C6H6N4O. The van der Waals surface area contributed by atoms with Gasteiger partial charge in [-0.05, 0) is 22.8 Å². The molecule has 0 aromatic carbocycles. The van der Waals surface area contributed by atoms with Crippen molar-refractivity contribution in [2.24, 2.45) is 5.11 Å². The number of pyridine rings is 1. The Balaban J connectivity index is 0.000000187. The van der Waals surface area contributed by atoms with E-state index in [9.17, 15) is 0 Å². The molecule has 11 heavy (non-hydrogen) atoms. The quantitative estimate of drug-likeness (QED) is 0.263. The summed E-state index contributed by atoms with van der Waals surface area (Å²) in [6.45, 7) is 0. The number of nitrogens with zero attached hydrogens (tertiary/aromatic N) is 4. The van der Waals surface area contributed by atoms with Gasteiger partial charge in [0.25, 0.3) is 0 Å². The summed E-state index contributed by atoms with van der Waals surface area (Å²) in [6, 6.07) is 5.72. The van der Waals surface area contributed by atoms with Gasteiger partial charge in [0.05, 0.1) is 0 Å². The Bertz CT molecular complexity index is 203. The van der Waals surface area contributed by atoms with Crippen molar-refractivity contribution in [2.75, 3.05) is 0 Å². The Kier molecular flexibility index (Phi) is 6.75. The maximum absolute atomic E-state index is 8.98.